The van der Waals surface area contributed by atoms with Crippen LogP contribution in [-0.4, -0.2) is 19.8 Å². The topological polar surface area (TPSA) is 21.3 Å². The van der Waals surface area contributed by atoms with Gasteiger partial charge in [0.05, 0.1) is 16.6 Å². The van der Waals surface area contributed by atoms with E-state index in [1.165, 1.54) is 12.1 Å². The van der Waals surface area contributed by atoms with Crippen molar-refractivity contribution in [2.75, 3.05) is 13.7 Å². The molecule has 19 heavy (non-hydrogen) atoms. The molecule has 1 aliphatic rings. The first-order chi connectivity index (χ1) is 9.10. The van der Waals surface area contributed by atoms with Crippen LogP contribution in [0.1, 0.15) is 31.4 Å². The fourth-order valence-corrected chi connectivity index (χ4v) is 2.80. The zero-order valence-corrected chi connectivity index (χ0v) is 12.6. The molecule has 106 valence electrons. The molecule has 1 aromatic carbocycles. The highest BCUT2D eigenvalue weighted by Crippen LogP contribution is 2.41. The SMILES string of the molecule is CCNC(c1c(F)ccc(Br)c1F)C(OC)C1CC1. The lowest BCUT2D eigenvalue weighted by Gasteiger charge is -2.28. The fourth-order valence-electron chi connectivity index (χ4n) is 2.46. The number of rotatable bonds is 6. The van der Waals surface area contributed by atoms with E-state index in [4.69, 9.17) is 4.74 Å². The van der Waals surface area contributed by atoms with Crippen molar-refractivity contribution < 1.29 is 13.5 Å². The second-order valence-electron chi connectivity index (χ2n) is 4.83. The zero-order chi connectivity index (χ0) is 14.0. The standard InChI is InChI=1S/C14H18BrF2NO/c1-3-18-13(14(19-2)8-4-5-8)11-10(16)7-6-9(15)12(11)17/h6-8,13-14,18H,3-5H2,1-2H3. The molecule has 0 radical (unpaired) electrons. The Bertz CT molecular complexity index is 451. The smallest absolute Gasteiger partial charge is 0.145 e. The Kier molecular flexibility index (Phi) is 4.92. The molecule has 2 rings (SSSR count). The average Bonchev–Trinajstić information content (AvgIpc) is 3.20. The maximum absolute atomic E-state index is 14.2. The van der Waals surface area contributed by atoms with Gasteiger partial charge in [-0.15, -0.1) is 0 Å². The maximum Gasteiger partial charge on any atom is 0.145 e. The summed E-state index contributed by atoms with van der Waals surface area (Å²) in [6.45, 7) is 2.54. The summed E-state index contributed by atoms with van der Waals surface area (Å²) in [5, 5.41) is 3.15. The maximum atomic E-state index is 14.2. The van der Waals surface area contributed by atoms with Gasteiger partial charge in [0.15, 0.2) is 0 Å². The first-order valence-corrected chi connectivity index (χ1v) is 7.29. The van der Waals surface area contributed by atoms with Crippen LogP contribution in [-0.2, 0) is 4.74 Å². The lowest BCUT2D eigenvalue weighted by atomic mass is 9.96. The number of benzene rings is 1. The first kappa shape index (κ1) is 14.9. The number of hydrogen-bond acceptors (Lipinski definition) is 2. The van der Waals surface area contributed by atoms with Crippen LogP contribution in [0.25, 0.3) is 0 Å². The third-order valence-electron chi connectivity index (χ3n) is 3.50. The Labute approximate surface area is 120 Å². The van der Waals surface area contributed by atoms with Gasteiger partial charge in [0.25, 0.3) is 0 Å². The average molecular weight is 334 g/mol. The molecule has 2 atom stereocenters. The number of likely N-dealkylation sites (N-methyl/N-ethyl adjacent to an activating group) is 1. The van der Waals surface area contributed by atoms with E-state index in [-0.39, 0.29) is 16.1 Å². The zero-order valence-electron chi connectivity index (χ0n) is 11.1. The van der Waals surface area contributed by atoms with Crippen LogP contribution >= 0.6 is 15.9 Å². The minimum Gasteiger partial charge on any atom is -0.379 e. The van der Waals surface area contributed by atoms with Crippen LogP contribution < -0.4 is 5.32 Å². The molecule has 1 N–H and O–H groups in total. The molecular formula is C14H18BrF2NO. The molecule has 0 saturated heterocycles. The number of halogens is 3. The molecule has 0 spiro atoms. The van der Waals surface area contributed by atoms with E-state index in [0.717, 1.165) is 12.8 Å². The predicted molar refractivity (Wildman–Crippen MR) is 74.0 cm³/mol. The third-order valence-corrected chi connectivity index (χ3v) is 4.11. The van der Waals surface area contributed by atoms with Crippen molar-refractivity contribution in [1.29, 1.82) is 0 Å². The van der Waals surface area contributed by atoms with Gasteiger partial charge in [0.1, 0.15) is 11.6 Å². The van der Waals surface area contributed by atoms with Crippen molar-refractivity contribution >= 4 is 15.9 Å². The first-order valence-electron chi connectivity index (χ1n) is 6.49. The summed E-state index contributed by atoms with van der Waals surface area (Å²) >= 11 is 3.11. The number of methoxy groups -OCH3 is 1. The molecule has 0 amide bonds. The quantitative estimate of drug-likeness (QED) is 0.799. The van der Waals surface area contributed by atoms with E-state index in [9.17, 15) is 8.78 Å². The number of ether oxygens (including phenoxy) is 1. The summed E-state index contributed by atoms with van der Waals surface area (Å²) in [5.41, 5.74) is 0.0648. The summed E-state index contributed by atoms with van der Waals surface area (Å²) in [4.78, 5) is 0. The van der Waals surface area contributed by atoms with Gasteiger partial charge in [0.2, 0.25) is 0 Å². The lowest BCUT2D eigenvalue weighted by molar-refractivity contribution is 0.0488. The molecule has 1 fully saturated rings. The highest BCUT2D eigenvalue weighted by atomic mass is 79.9. The van der Waals surface area contributed by atoms with Gasteiger partial charge in [-0.25, -0.2) is 8.78 Å². The molecule has 2 nitrogen and oxygen atoms in total. The van der Waals surface area contributed by atoms with Gasteiger partial charge < -0.3 is 10.1 Å². The molecule has 1 aliphatic carbocycles. The van der Waals surface area contributed by atoms with Crippen molar-refractivity contribution in [1.82, 2.24) is 5.32 Å². The predicted octanol–water partition coefficient (Wildman–Crippen LogP) is 3.80. The highest BCUT2D eigenvalue weighted by molar-refractivity contribution is 9.10. The third kappa shape index (κ3) is 3.15. The van der Waals surface area contributed by atoms with Crippen LogP contribution in [0.3, 0.4) is 0 Å². The Balaban J connectivity index is 2.40. The molecule has 1 aromatic rings. The summed E-state index contributed by atoms with van der Waals surface area (Å²) in [7, 11) is 1.60. The van der Waals surface area contributed by atoms with E-state index in [1.807, 2.05) is 6.92 Å². The molecule has 1 saturated carbocycles. The largest absolute Gasteiger partial charge is 0.379 e. The van der Waals surface area contributed by atoms with E-state index in [2.05, 4.69) is 21.2 Å². The van der Waals surface area contributed by atoms with Gasteiger partial charge >= 0.3 is 0 Å². The Hall–Kier alpha value is -0.520. The van der Waals surface area contributed by atoms with Gasteiger partial charge in [-0.2, -0.15) is 0 Å². The van der Waals surface area contributed by atoms with Crippen LogP contribution in [0.2, 0.25) is 0 Å². The number of nitrogens with one attached hydrogen (secondary N) is 1. The van der Waals surface area contributed by atoms with E-state index < -0.39 is 17.7 Å². The van der Waals surface area contributed by atoms with E-state index in [0.29, 0.717) is 12.5 Å². The van der Waals surface area contributed by atoms with Crippen LogP contribution in [0.15, 0.2) is 16.6 Å². The van der Waals surface area contributed by atoms with Crippen molar-refractivity contribution in [3.8, 4) is 0 Å². The van der Waals surface area contributed by atoms with Gasteiger partial charge in [0, 0.05) is 12.7 Å². The number of hydrogen-bond donors (Lipinski definition) is 1. The van der Waals surface area contributed by atoms with Gasteiger partial charge in [-0.1, -0.05) is 6.92 Å². The van der Waals surface area contributed by atoms with Gasteiger partial charge in [-0.05, 0) is 53.4 Å². The minimum absolute atomic E-state index is 0.0648. The van der Waals surface area contributed by atoms with Gasteiger partial charge in [-0.3, -0.25) is 0 Å². The van der Waals surface area contributed by atoms with Crippen molar-refractivity contribution in [3.05, 3.63) is 33.8 Å². The Morgan fingerprint density at radius 2 is 2.11 bits per heavy atom. The summed E-state index contributed by atoms with van der Waals surface area (Å²) < 4.78 is 34.0. The molecule has 0 aromatic heterocycles. The van der Waals surface area contributed by atoms with Crippen LogP contribution in [0, 0.1) is 17.6 Å². The summed E-state index contributed by atoms with van der Waals surface area (Å²) in [6.07, 6.45) is 1.91. The fraction of sp³-hybridized carbons (Fsp3) is 0.571. The molecule has 0 heterocycles. The molecular weight excluding hydrogens is 316 g/mol. The Morgan fingerprint density at radius 3 is 2.63 bits per heavy atom. The lowest BCUT2D eigenvalue weighted by Crippen LogP contribution is -2.36. The normalized spacial score (nSPS) is 18.4. The van der Waals surface area contributed by atoms with Crippen LogP contribution in [0.5, 0.6) is 0 Å². The van der Waals surface area contributed by atoms with Crippen molar-refractivity contribution in [3.63, 3.8) is 0 Å². The van der Waals surface area contributed by atoms with Crippen molar-refractivity contribution in [2.24, 2.45) is 5.92 Å². The summed E-state index contributed by atoms with van der Waals surface area (Å²) in [6, 6.07) is 2.21. The Morgan fingerprint density at radius 1 is 1.42 bits per heavy atom. The second kappa shape index (κ2) is 6.29. The van der Waals surface area contributed by atoms with E-state index in [1.54, 1.807) is 7.11 Å². The highest BCUT2D eigenvalue weighted by Gasteiger charge is 2.39. The molecule has 0 bridgehead atoms. The monoisotopic (exact) mass is 333 g/mol. The minimum atomic E-state index is -0.548. The molecule has 5 heteroatoms. The van der Waals surface area contributed by atoms with E-state index >= 15 is 0 Å². The molecule has 0 aliphatic heterocycles. The van der Waals surface area contributed by atoms with Crippen LogP contribution in [0.4, 0.5) is 8.78 Å². The summed E-state index contributed by atoms with van der Waals surface area (Å²) in [5.74, 6) is -0.699. The molecule has 2 unspecified atom stereocenters. The van der Waals surface area contributed by atoms with Crippen molar-refractivity contribution in [2.45, 2.75) is 31.9 Å². The second-order valence-corrected chi connectivity index (χ2v) is 5.68.